The number of hydrogen-bond acceptors (Lipinski definition) is 1. The first-order valence-corrected chi connectivity index (χ1v) is 5.42. The van der Waals surface area contributed by atoms with Gasteiger partial charge in [-0.05, 0) is 32.1 Å². The van der Waals surface area contributed by atoms with Gasteiger partial charge >= 0.3 is 0 Å². The van der Waals surface area contributed by atoms with E-state index in [4.69, 9.17) is 4.99 Å². The van der Waals surface area contributed by atoms with Crippen LogP contribution in [0.4, 0.5) is 0 Å². The molecule has 0 bridgehead atoms. The third-order valence-electron chi connectivity index (χ3n) is 2.67. The van der Waals surface area contributed by atoms with Crippen LogP contribution in [0.1, 0.15) is 58.8 Å². The van der Waals surface area contributed by atoms with E-state index >= 15 is 0 Å². The topological polar surface area (TPSA) is 12.4 Å². The molecule has 0 saturated carbocycles. The Morgan fingerprint density at radius 2 is 2.17 bits per heavy atom. The van der Waals surface area contributed by atoms with E-state index in [9.17, 15) is 0 Å². The van der Waals surface area contributed by atoms with Gasteiger partial charge in [0.2, 0.25) is 0 Å². The Balaban J connectivity index is 2.16. The maximum Gasteiger partial charge on any atom is 0.0500 e. The molecule has 1 heterocycles. The van der Waals surface area contributed by atoms with Crippen LogP contribution in [0.5, 0.6) is 0 Å². The van der Waals surface area contributed by atoms with Gasteiger partial charge in [-0.2, -0.15) is 0 Å². The van der Waals surface area contributed by atoms with Crippen molar-refractivity contribution >= 4 is 5.71 Å². The molecule has 70 valence electrons. The second-order valence-electron chi connectivity index (χ2n) is 3.75. The second-order valence-corrected chi connectivity index (χ2v) is 3.75. The van der Waals surface area contributed by atoms with E-state index in [1.54, 1.807) is 0 Å². The molecule has 0 radical (unpaired) electrons. The first kappa shape index (κ1) is 9.76. The second kappa shape index (κ2) is 5.34. The monoisotopic (exact) mass is 167 g/mol. The number of unbranched alkanes of at least 4 members (excludes halogenated alkanes) is 2. The Hall–Kier alpha value is -0.330. The zero-order valence-corrected chi connectivity index (χ0v) is 8.47. The van der Waals surface area contributed by atoms with E-state index < -0.39 is 0 Å². The quantitative estimate of drug-likeness (QED) is 0.555. The fourth-order valence-electron chi connectivity index (χ4n) is 1.78. The van der Waals surface area contributed by atoms with E-state index in [-0.39, 0.29) is 0 Å². The fourth-order valence-corrected chi connectivity index (χ4v) is 1.78. The smallest absolute Gasteiger partial charge is 0.0500 e. The lowest BCUT2D eigenvalue weighted by Crippen LogP contribution is -1.94. The molecule has 0 saturated heterocycles. The van der Waals surface area contributed by atoms with Crippen LogP contribution in [-0.2, 0) is 0 Å². The molecule has 1 nitrogen and oxygen atoms in total. The Kier molecular flexibility index (Phi) is 4.34. The molecule has 0 N–H and O–H groups in total. The van der Waals surface area contributed by atoms with E-state index in [2.05, 4.69) is 13.8 Å². The highest BCUT2D eigenvalue weighted by atomic mass is 14.8. The first-order valence-electron chi connectivity index (χ1n) is 5.42. The van der Waals surface area contributed by atoms with E-state index in [1.807, 2.05) is 0 Å². The van der Waals surface area contributed by atoms with Crippen LogP contribution in [0.3, 0.4) is 0 Å². The van der Waals surface area contributed by atoms with Gasteiger partial charge in [0.1, 0.15) is 0 Å². The molecule has 1 aliphatic rings. The normalized spacial score (nSPS) is 22.8. The third-order valence-corrected chi connectivity index (χ3v) is 2.67. The van der Waals surface area contributed by atoms with E-state index in [1.165, 1.54) is 50.7 Å². The van der Waals surface area contributed by atoms with E-state index in [0.29, 0.717) is 6.04 Å². The van der Waals surface area contributed by atoms with Crippen molar-refractivity contribution in [3.63, 3.8) is 0 Å². The van der Waals surface area contributed by atoms with Gasteiger partial charge in [0, 0.05) is 11.8 Å². The van der Waals surface area contributed by atoms with Crippen LogP contribution in [-0.4, -0.2) is 11.8 Å². The molecule has 1 unspecified atom stereocenters. The molecule has 0 spiro atoms. The molecule has 0 amide bonds. The van der Waals surface area contributed by atoms with Gasteiger partial charge < -0.3 is 0 Å². The van der Waals surface area contributed by atoms with Crippen LogP contribution in [0.2, 0.25) is 0 Å². The molecule has 0 aromatic carbocycles. The van der Waals surface area contributed by atoms with Crippen LogP contribution in [0.25, 0.3) is 0 Å². The molecule has 12 heavy (non-hydrogen) atoms. The maximum absolute atomic E-state index is 4.69. The minimum absolute atomic E-state index is 0.668. The highest BCUT2D eigenvalue weighted by Gasteiger charge is 2.14. The molecule has 1 atom stereocenters. The van der Waals surface area contributed by atoms with Gasteiger partial charge in [-0.3, -0.25) is 4.99 Å². The number of hydrogen-bond donors (Lipinski definition) is 0. The van der Waals surface area contributed by atoms with Crippen LogP contribution < -0.4 is 0 Å². The summed E-state index contributed by atoms with van der Waals surface area (Å²) in [6, 6.07) is 0.668. The van der Waals surface area contributed by atoms with Crippen molar-refractivity contribution in [2.75, 3.05) is 0 Å². The van der Waals surface area contributed by atoms with Crippen molar-refractivity contribution in [3.05, 3.63) is 0 Å². The summed E-state index contributed by atoms with van der Waals surface area (Å²) in [5.41, 5.74) is 1.50. The average Bonchev–Trinajstić information content (AvgIpc) is 2.53. The minimum atomic E-state index is 0.668. The van der Waals surface area contributed by atoms with Crippen LogP contribution >= 0.6 is 0 Å². The zero-order valence-electron chi connectivity index (χ0n) is 8.47. The van der Waals surface area contributed by atoms with Gasteiger partial charge in [0.15, 0.2) is 0 Å². The Bertz CT molecular complexity index is 149. The van der Waals surface area contributed by atoms with Crippen molar-refractivity contribution in [2.24, 2.45) is 4.99 Å². The van der Waals surface area contributed by atoms with Crippen LogP contribution in [0, 0.1) is 0 Å². The third kappa shape index (κ3) is 2.96. The van der Waals surface area contributed by atoms with Crippen molar-refractivity contribution in [3.8, 4) is 0 Å². The summed E-state index contributed by atoms with van der Waals surface area (Å²) >= 11 is 0. The largest absolute Gasteiger partial charge is 0.291 e. The van der Waals surface area contributed by atoms with Crippen molar-refractivity contribution in [1.29, 1.82) is 0 Å². The van der Waals surface area contributed by atoms with Gasteiger partial charge in [-0.25, -0.2) is 0 Å². The lowest BCUT2D eigenvalue weighted by molar-refractivity contribution is 0.649. The average molecular weight is 167 g/mol. The van der Waals surface area contributed by atoms with Gasteiger partial charge in [-0.15, -0.1) is 0 Å². The summed E-state index contributed by atoms with van der Waals surface area (Å²) in [6.07, 6.45) is 9.15. The summed E-state index contributed by atoms with van der Waals surface area (Å²) < 4.78 is 0. The molecule has 1 heteroatoms. The van der Waals surface area contributed by atoms with Gasteiger partial charge in [-0.1, -0.05) is 26.7 Å². The molecule has 1 aliphatic heterocycles. The predicted molar refractivity (Wildman–Crippen MR) is 54.9 cm³/mol. The Labute approximate surface area is 76.3 Å². The Morgan fingerprint density at radius 3 is 2.75 bits per heavy atom. The van der Waals surface area contributed by atoms with Crippen molar-refractivity contribution in [1.82, 2.24) is 0 Å². The molecule has 0 aliphatic carbocycles. The molecular formula is C11H21N. The molecular weight excluding hydrogens is 146 g/mol. The molecule has 0 aromatic rings. The summed E-state index contributed by atoms with van der Waals surface area (Å²) in [7, 11) is 0. The summed E-state index contributed by atoms with van der Waals surface area (Å²) in [6.45, 7) is 4.49. The highest BCUT2D eigenvalue weighted by molar-refractivity contribution is 5.86. The van der Waals surface area contributed by atoms with Gasteiger partial charge in [0.25, 0.3) is 0 Å². The lowest BCUT2D eigenvalue weighted by Gasteiger charge is -1.98. The van der Waals surface area contributed by atoms with E-state index in [0.717, 1.165) is 0 Å². The number of rotatable bonds is 5. The maximum atomic E-state index is 4.69. The fraction of sp³-hybridized carbons (Fsp3) is 0.909. The zero-order chi connectivity index (χ0) is 8.81. The lowest BCUT2D eigenvalue weighted by atomic mass is 10.1. The molecule has 0 aromatic heterocycles. The minimum Gasteiger partial charge on any atom is -0.291 e. The molecule has 0 fully saturated rings. The summed E-state index contributed by atoms with van der Waals surface area (Å²) in [4.78, 5) is 4.69. The number of aliphatic imine (C=N–C) groups is 1. The summed E-state index contributed by atoms with van der Waals surface area (Å²) in [5.74, 6) is 0. The van der Waals surface area contributed by atoms with Gasteiger partial charge in [0.05, 0.1) is 0 Å². The Morgan fingerprint density at radius 1 is 1.33 bits per heavy atom. The van der Waals surface area contributed by atoms with Crippen molar-refractivity contribution < 1.29 is 0 Å². The predicted octanol–water partition coefficient (Wildman–Crippen LogP) is 3.58. The number of nitrogens with zero attached hydrogens (tertiary/aromatic N) is 1. The standard InChI is InChI=1S/C11H21N/c1-3-5-6-7-11-9-8-10(4-2)12-11/h10H,3-9H2,1-2H3. The highest BCUT2D eigenvalue weighted by Crippen LogP contribution is 2.19. The first-order chi connectivity index (χ1) is 5.86. The van der Waals surface area contributed by atoms with Crippen LogP contribution in [0.15, 0.2) is 4.99 Å². The summed E-state index contributed by atoms with van der Waals surface area (Å²) in [5, 5.41) is 0. The molecule has 1 rings (SSSR count). The SMILES string of the molecule is CCCCCC1=NC(CC)CC1. The van der Waals surface area contributed by atoms with Crippen molar-refractivity contribution in [2.45, 2.75) is 64.8 Å².